The Hall–Kier alpha value is -3.50. The first-order chi connectivity index (χ1) is 18.0. The van der Waals surface area contributed by atoms with Crippen LogP contribution in [-0.2, 0) is 6.54 Å². The summed E-state index contributed by atoms with van der Waals surface area (Å²) in [5.74, 6) is -1.38. The minimum Gasteiger partial charge on any atom is -0.365 e. The minimum atomic E-state index is -0.915. The van der Waals surface area contributed by atoms with Crippen LogP contribution in [0.3, 0.4) is 0 Å². The molecule has 1 aliphatic rings. The van der Waals surface area contributed by atoms with Gasteiger partial charge in [0.25, 0.3) is 0 Å². The molecule has 3 N–H and O–H groups in total. The maximum absolute atomic E-state index is 15.3. The van der Waals surface area contributed by atoms with Crippen molar-refractivity contribution in [2.75, 3.05) is 28.9 Å². The van der Waals surface area contributed by atoms with Gasteiger partial charge in [-0.1, -0.05) is 49.2 Å². The van der Waals surface area contributed by atoms with E-state index < -0.39 is 23.0 Å². The molecule has 0 saturated carbocycles. The Balaban J connectivity index is 1.39. The van der Waals surface area contributed by atoms with Crippen LogP contribution >= 0.6 is 11.9 Å². The van der Waals surface area contributed by atoms with Gasteiger partial charge in [-0.15, -0.1) is 0 Å². The monoisotopic (exact) mass is 522 g/mol. The second-order valence-electron chi connectivity index (χ2n) is 9.06. The average molecular weight is 523 g/mol. The van der Waals surface area contributed by atoms with Crippen LogP contribution in [-0.4, -0.2) is 50.5 Å². The lowest BCUT2D eigenvalue weighted by Crippen LogP contribution is -2.26. The van der Waals surface area contributed by atoms with Gasteiger partial charge in [0, 0.05) is 37.6 Å². The van der Waals surface area contributed by atoms with E-state index in [4.69, 9.17) is 0 Å². The Labute approximate surface area is 218 Å². The lowest BCUT2D eigenvalue weighted by Gasteiger charge is -2.17. The van der Waals surface area contributed by atoms with Crippen molar-refractivity contribution in [3.8, 4) is 0 Å². The molecule has 1 fully saturated rings. The molecule has 7 nitrogen and oxygen atoms in total. The third-order valence-corrected chi connectivity index (χ3v) is 7.36. The maximum Gasteiger partial charge on any atom is 0.201 e. The Morgan fingerprint density at radius 2 is 2.03 bits per heavy atom. The predicted octanol–water partition coefficient (Wildman–Crippen LogP) is 5.62. The normalized spacial score (nSPS) is 15.8. The number of H-pyrrole nitrogens is 1. The highest BCUT2D eigenvalue weighted by Crippen LogP contribution is 2.31. The number of hydrogen-bond acceptors (Lipinski definition) is 7. The van der Waals surface area contributed by atoms with Crippen LogP contribution in [0, 0.1) is 11.6 Å². The van der Waals surface area contributed by atoms with Gasteiger partial charge in [-0.3, -0.25) is 9.69 Å². The number of nitrogens with one attached hydrogen (secondary N) is 3. The molecule has 2 aromatic carbocycles. The molecule has 192 valence electrons. The number of rotatable bonds is 10. The van der Waals surface area contributed by atoms with E-state index in [1.54, 1.807) is 0 Å². The van der Waals surface area contributed by atoms with Gasteiger partial charge in [-0.25, -0.2) is 18.7 Å². The standard InChI is InChI=1S/C27H28F2N6OS/c1-2-12-37-34-21-9-8-20(28)23(24(21)29)25(36)19-13-30-26-22(19)27(32-16-31-26)33-18-10-11-35(15-18)14-17-6-4-3-5-7-17/h3-9,13,16,18,34H,2,10-12,14-15H2,1H3,(H2,30,31,32,33). The van der Waals surface area contributed by atoms with Crippen molar-refractivity contribution in [2.45, 2.75) is 32.4 Å². The highest BCUT2D eigenvalue weighted by Gasteiger charge is 2.28. The summed E-state index contributed by atoms with van der Waals surface area (Å²) in [6, 6.07) is 12.8. The molecule has 0 aliphatic carbocycles. The number of nitrogens with zero attached hydrogens (tertiary/aromatic N) is 3. The number of aromatic amines is 1. The molecule has 10 heteroatoms. The largest absolute Gasteiger partial charge is 0.365 e. The summed E-state index contributed by atoms with van der Waals surface area (Å²) in [6.07, 6.45) is 4.64. The Bertz CT molecular complexity index is 1400. The molecule has 37 heavy (non-hydrogen) atoms. The molecule has 4 aromatic rings. The van der Waals surface area contributed by atoms with Crippen molar-refractivity contribution in [3.05, 3.63) is 83.3 Å². The molecule has 2 aromatic heterocycles. The third kappa shape index (κ3) is 5.45. The topological polar surface area (TPSA) is 85.9 Å². The summed E-state index contributed by atoms with van der Waals surface area (Å²) in [4.78, 5) is 27.4. The number of halogens is 2. The summed E-state index contributed by atoms with van der Waals surface area (Å²) in [5, 5.41) is 3.86. The van der Waals surface area contributed by atoms with Gasteiger partial charge in [0.15, 0.2) is 5.82 Å². The number of ketones is 1. The van der Waals surface area contributed by atoms with Gasteiger partial charge >= 0.3 is 0 Å². The number of likely N-dealkylation sites (tertiary alicyclic amines) is 1. The highest BCUT2D eigenvalue weighted by molar-refractivity contribution is 8.00. The van der Waals surface area contributed by atoms with Crippen molar-refractivity contribution < 1.29 is 13.6 Å². The van der Waals surface area contributed by atoms with Crippen LogP contribution in [0.4, 0.5) is 20.3 Å². The number of anilines is 2. The van der Waals surface area contributed by atoms with Gasteiger partial charge in [-0.05, 0) is 30.5 Å². The fourth-order valence-corrected chi connectivity index (χ4v) is 5.20. The van der Waals surface area contributed by atoms with E-state index in [1.165, 1.54) is 36.1 Å². The van der Waals surface area contributed by atoms with Crippen molar-refractivity contribution in [1.29, 1.82) is 0 Å². The van der Waals surface area contributed by atoms with Crippen molar-refractivity contribution in [3.63, 3.8) is 0 Å². The zero-order valence-corrected chi connectivity index (χ0v) is 21.2. The lowest BCUT2D eigenvalue weighted by molar-refractivity contribution is 0.103. The van der Waals surface area contributed by atoms with E-state index >= 15 is 4.39 Å². The SMILES string of the molecule is CCCSNc1ccc(F)c(C(=O)c2c[nH]c3ncnc(NC4CCN(Cc5ccccc5)C4)c23)c1F. The minimum absolute atomic E-state index is 0.0714. The van der Waals surface area contributed by atoms with Crippen molar-refractivity contribution in [1.82, 2.24) is 19.9 Å². The molecule has 1 unspecified atom stereocenters. The molecular formula is C27H28F2N6OS. The van der Waals surface area contributed by atoms with Crippen molar-refractivity contribution >= 4 is 40.3 Å². The number of carbonyl (C=O) groups excluding carboxylic acids is 1. The summed E-state index contributed by atoms with van der Waals surface area (Å²) in [6.45, 7) is 4.58. The van der Waals surface area contributed by atoms with Crippen LogP contribution in [0.1, 0.15) is 41.3 Å². The smallest absolute Gasteiger partial charge is 0.201 e. The number of fused-ring (bicyclic) bond motifs is 1. The van der Waals surface area contributed by atoms with Crippen LogP contribution in [0.2, 0.25) is 0 Å². The van der Waals surface area contributed by atoms with E-state index in [-0.39, 0.29) is 17.3 Å². The molecule has 0 bridgehead atoms. The summed E-state index contributed by atoms with van der Waals surface area (Å²) >= 11 is 1.30. The molecule has 0 spiro atoms. The summed E-state index contributed by atoms with van der Waals surface area (Å²) in [5.41, 5.74) is 1.26. The molecule has 5 rings (SSSR count). The highest BCUT2D eigenvalue weighted by atomic mass is 32.2. The van der Waals surface area contributed by atoms with E-state index in [1.807, 2.05) is 25.1 Å². The van der Waals surface area contributed by atoms with E-state index in [2.05, 4.69) is 42.0 Å². The number of benzene rings is 2. The molecule has 0 radical (unpaired) electrons. The molecular weight excluding hydrogens is 494 g/mol. The molecule has 1 saturated heterocycles. The lowest BCUT2D eigenvalue weighted by atomic mass is 10.0. The zero-order valence-electron chi connectivity index (χ0n) is 20.4. The third-order valence-electron chi connectivity index (χ3n) is 6.38. The Kier molecular flexibility index (Phi) is 7.66. The predicted molar refractivity (Wildman–Crippen MR) is 144 cm³/mol. The first-order valence-corrected chi connectivity index (χ1v) is 13.3. The Morgan fingerprint density at radius 1 is 1.19 bits per heavy atom. The number of hydrogen-bond donors (Lipinski definition) is 3. The average Bonchev–Trinajstić information content (AvgIpc) is 3.53. The van der Waals surface area contributed by atoms with E-state index in [0.29, 0.717) is 16.9 Å². The molecule has 1 aliphatic heterocycles. The van der Waals surface area contributed by atoms with Gasteiger partial charge < -0.3 is 15.0 Å². The van der Waals surface area contributed by atoms with Crippen LogP contribution < -0.4 is 10.0 Å². The summed E-state index contributed by atoms with van der Waals surface area (Å²) < 4.78 is 32.9. The van der Waals surface area contributed by atoms with Crippen LogP contribution in [0.25, 0.3) is 11.0 Å². The van der Waals surface area contributed by atoms with Gasteiger partial charge in [0.05, 0.1) is 22.2 Å². The van der Waals surface area contributed by atoms with Crippen LogP contribution in [0.5, 0.6) is 0 Å². The zero-order chi connectivity index (χ0) is 25.8. The fourth-order valence-electron chi connectivity index (χ4n) is 4.59. The van der Waals surface area contributed by atoms with Gasteiger partial charge in [0.1, 0.15) is 23.6 Å². The molecule has 1 atom stereocenters. The van der Waals surface area contributed by atoms with Gasteiger partial charge in [0.2, 0.25) is 5.78 Å². The Morgan fingerprint density at radius 3 is 2.84 bits per heavy atom. The second kappa shape index (κ2) is 11.3. The van der Waals surface area contributed by atoms with Crippen LogP contribution in [0.15, 0.2) is 55.0 Å². The van der Waals surface area contributed by atoms with Crippen molar-refractivity contribution in [2.24, 2.45) is 0 Å². The molecule has 0 amide bonds. The van der Waals surface area contributed by atoms with E-state index in [9.17, 15) is 9.18 Å². The first-order valence-electron chi connectivity index (χ1n) is 12.3. The number of aromatic nitrogens is 3. The maximum atomic E-state index is 15.3. The summed E-state index contributed by atoms with van der Waals surface area (Å²) in [7, 11) is 0. The number of carbonyl (C=O) groups is 1. The first kappa shape index (κ1) is 25.2. The quantitative estimate of drug-likeness (QED) is 0.142. The molecule has 3 heterocycles. The fraction of sp³-hybridized carbons (Fsp3) is 0.296. The van der Waals surface area contributed by atoms with Gasteiger partial charge in [-0.2, -0.15) is 0 Å². The second-order valence-corrected chi connectivity index (χ2v) is 9.96. The van der Waals surface area contributed by atoms with E-state index in [0.717, 1.165) is 44.3 Å².